The van der Waals surface area contributed by atoms with Crippen molar-refractivity contribution in [2.75, 3.05) is 38.1 Å². The molecule has 1 N–H and O–H groups in total. The van der Waals surface area contributed by atoms with Crippen LogP contribution in [-0.2, 0) is 4.74 Å². The minimum atomic E-state index is -0.321. The van der Waals surface area contributed by atoms with Crippen LogP contribution < -0.4 is 5.32 Å². The molecule has 3 rings (SSSR count). The van der Waals surface area contributed by atoms with Crippen molar-refractivity contribution in [3.8, 4) is 0 Å². The van der Waals surface area contributed by atoms with Crippen molar-refractivity contribution in [2.45, 2.75) is 26.7 Å². The van der Waals surface area contributed by atoms with Gasteiger partial charge in [-0.2, -0.15) is 0 Å². The Morgan fingerprint density at radius 3 is 2.48 bits per heavy atom. The number of benzene rings is 1. The van der Waals surface area contributed by atoms with E-state index < -0.39 is 0 Å². The number of rotatable bonds is 5. The molecule has 7 heteroatoms. The highest BCUT2D eigenvalue weighted by atomic mass is 16.6. The molecule has 1 aromatic carbocycles. The van der Waals surface area contributed by atoms with Crippen molar-refractivity contribution in [1.82, 2.24) is 14.8 Å². The van der Waals surface area contributed by atoms with Crippen LogP contribution in [-0.4, -0.2) is 59.6 Å². The van der Waals surface area contributed by atoms with Gasteiger partial charge in [0.05, 0.1) is 6.61 Å². The zero-order chi connectivity index (χ0) is 20.8. The van der Waals surface area contributed by atoms with Crippen LogP contribution in [0, 0.1) is 0 Å². The van der Waals surface area contributed by atoms with E-state index in [0.29, 0.717) is 50.1 Å². The molecule has 1 aliphatic heterocycles. The van der Waals surface area contributed by atoms with Gasteiger partial charge < -0.3 is 19.9 Å². The first-order chi connectivity index (χ1) is 14.0. The molecule has 0 spiro atoms. The fourth-order valence-corrected chi connectivity index (χ4v) is 3.37. The summed E-state index contributed by atoms with van der Waals surface area (Å²) in [6.45, 7) is 8.34. The quantitative estimate of drug-likeness (QED) is 0.831. The Balaban J connectivity index is 1.67. The number of nitrogens with one attached hydrogen (secondary N) is 1. The summed E-state index contributed by atoms with van der Waals surface area (Å²) >= 11 is 0. The van der Waals surface area contributed by atoms with Crippen LogP contribution >= 0.6 is 0 Å². The molecule has 1 aliphatic rings. The maximum absolute atomic E-state index is 12.9. The lowest BCUT2D eigenvalue weighted by Gasteiger charge is -2.34. The normalized spacial score (nSPS) is 14.1. The fraction of sp³-hybridized carbons (Fsp3) is 0.409. The third-order valence-corrected chi connectivity index (χ3v) is 4.95. The Hall–Kier alpha value is -3.09. The number of hydrogen-bond donors (Lipinski definition) is 1. The first-order valence-corrected chi connectivity index (χ1v) is 10.0. The monoisotopic (exact) mass is 396 g/mol. The van der Waals surface area contributed by atoms with E-state index in [1.54, 1.807) is 35.1 Å². The van der Waals surface area contributed by atoms with Crippen LogP contribution in [0.25, 0.3) is 0 Å². The number of hydrogen-bond acceptors (Lipinski definition) is 5. The number of anilines is 2. The minimum Gasteiger partial charge on any atom is -0.450 e. The van der Waals surface area contributed by atoms with Crippen LogP contribution in [0.15, 0.2) is 42.6 Å². The van der Waals surface area contributed by atoms with Crippen molar-refractivity contribution in [2.24, 2.45) is 0 Å². The molecule has 2 aromatic rings. The highest BCUT2D eigenvalue weighted by Gasteiger charge is 2.25. The zero-order valence-corrected chi connectivity index (χ0v) is 17.2. The van der Waals surface area contributed by atoms with Gasteiger partial charge in [-0.05, 0) is 36.6 Å². The third kappa shape index (κ3) is 5.04. The van der Waals surface area contributed by atoms with E-state index in [1.807, 2.05) is 18.2 Å². The van der Waals surface area contributed by atoms with E-state index in [2.05, 4.69) is 30.2 Å². The predicted octanol–water partition coefficient (Wildman–Crippen LogP) is 3.86. The SMILES string of the molecule is CCOC(=O)N1CCN(C(=O)c2ccnc(Nc3ccccc3C(C)C)c2)CC1. The molecule has 0 aliphatic carbocycles. The second kappa shape index (κ2) is 9.41. The molecule has 2 amide bonds. The van der Waals surface area contributed by atoms with Gasteiger partial charge in [0.1, 0.15) is 5.82 Å². The first kappa shape index (κ1) is 20.6. The molecule has 29 heavy (non-hydrogen) atoms. The van der Waals surface area contributed by atoms with Crippen LogP contribution in [0.2, 0.25) is 0 Å². The first-order valence-electron chi connectivity index (χ1n) is 10.0. The summed E-state index contributed by atoms with van der Waals surface area (Å²) in [5.41, 5.74) is 2.76. The van der Waals surface area contributed by atoms with Crippen molar-refractivity contribution >= 4 is 23.5 Å². The topological polar surface area (TPSA) is 74.8 Å². The van der Waals surface area contributed by atoms with E-state index in [0.717, 1.165) is 5.69 Å². The molecule has 0 unspecified atom stereocenters. The number of amides is 2. The van der Waals surface area contributed by atoms with Gasteiger partial charge in [-0.15, -0.1) is 0 Å². The number of ether oxygens (including phenoxy) is 1. The summed E-state index contributed by atoms with van der Waals surface area (Å²) in [5, 5.41) is 3.34. The second-order valence-electron chi connectivity index (χ2n) is 7.27. The van der Waals surface area contributed by atoms with Gasteiger partial charge in [0, 0.05) is 43.6 Å². The maximum atomic E-state index is 12.9. The Morgan fingerprint density at radius 1 is 1.10 bits per heavy atom. The molecule has 1 fully saturated rings. The lowest BCUT2D eigenvalue weighted by atomic mass is 10.0. The lowest BCUT2D eigenvalue weighted by molar-refractivity contribution is 0.0570. The average Bonchev–Trinajstić information content (AvgIpc) is 2.74. The van der Waals surface area contributed by atoms with Crippen LogP contribution in [0.5, 0.6) is 0 Å². The number of carbonyl (C=O) groups excluding carboxylic acids is 2. The van der Waals surface area contributed by atoms with Crippen molar-refractivity contribution < 1.29 is 14.3 Å². The third-order valence-electron chi connectivity index (χ3n) is 4.95. The van der Waals surface area contributed by atoms with Gasteiger partial charge in [0.15, 0.2) is 0 Å². The Labute approximate surface area is 171 Å². The zero-order valence-electron chi connectivity index (χ0n) is 17.2. The molecular formula is C22H28N4O3. The van der Waals surface area contributed by atoms with Gasteiger partial charge >= 0.3 is 6.09 Å². The van der Waals surface area contributed by atoms with E-state index in [9.17, 15) is 9.59 Å². The summed E-state index contributed by atoms with van der Waals surface area (Å²) in [4.78, 5) is 32.5. The summed E-state index contributed by atoms with van der Waals surface area (Å²) in [7, 11) is 0. The summed E-state index contributed by atoms with van der Waals surface area (Å²) in [6.07, 6.45) is 1.32. The highest BCUT2D eigenvalue weighted by Crippen LogP contribution is 2.26. The summed E-state index contributed by atoms with van der Waals surface area (Å²) < 4.78 is 5.03. The van der Waals surface area contributed by atoms with Crippen LogP contribution in [0.3, 0.4) is 0 Å². The highest BCUT2D eigenvalue weighted by molar-refractivity contribution is 5.95. The average molecular weight is 396 g/mol. The van der Waals surface area contributed by atoms with E-state index in [1.165, 1.54) is 5.56 Å². The van der Waals surface area contributed by atoms with Crippen LogP contribution in [0.1, 0.15) is 42.6 Å². The molecule has 0 atom stereocenters. The van der Waals surface area contributed by atoms with E-state index >= 15 is 0 Å². The molecule has 154 valence electrons. The summed E-state index contributed by atoms with van der Waals surface area (Å²) in [5.74, 6) is 0.949. The number of aromatic nitrogens is 1. The summed E-state index contributed by atoms with van der Waals surface area (Å²) in [6, 6.07) is 11.6. The number of pyridine rings is 1. The van der Waals surface area contributed by atoms with E-state index in [-0.39, 0.29) is 12.0 Å². The molecule has 1 aromatic heterocycles. The minimum absolute atomic E-state index is 0.0592. The Morgan fingerprint density at radius 2 is 1.79 bits per heavy atom. The lowest BCUT2D eigenvalue weighted by Crippen LogP contribution is -2.50. The largest absolute Gasteiger partial charge is 0.450 e. The fourth-order valence-electron chi connectivity index (χ4n) is 3.37. The van der Waals surface area contributed by atoms with Gasteiger partial charge in [0.25, 0.3) is 5.91 Å². The van der Waals surface area contributed by atoms with E-state index in [4.69, 9.17) is 4.74 Å². The van der Waals surface area contributed by atoms with Crippen LogP contribution in [0.4, 0.5) is 16.3 Å². The number of piperazine rings is 1. The van der Waals surface area contributed by atoms with Gasteiger partial charge in [-0.25, -0.2) is 9.78 Å². The van der Waals surface area contributed by atoms with Gasteiger partial charge in [0.2, 0.25) is 0 Å². The number of nitrogens with zero attached hydrogens (tertiary/aromatic N) is 3. The maximum Gasteiger partial charge on any atom is 0.409 e. The predicted molar refractivity (Wildman–Crippen MR) is 113 cm³/mol. The number of carbonyl (C=O) groups is 2. The Kier molecular flexibility index (Phi) is 6.69. The molecular weight excluding hydrogens is 368 g/mol. The van der Waals surface area contributed by atoms with Crippen molar-refractivity contribution in [3.05, 3.63) is 53.7 Å². The smallest absolute Gasteiger partial charge is 0.409 e. The van der Waals surface area contributed by atoms with Crippen molar-refractivity contribution in [1.29, 1.82) is 0 Å². The molecule has 2 heterocycles. The molecule has 1 saturated heterocycles. The molecule has 0 saturated carbocycles. The molecule has 7 nitrogen and oxygen atoms in total. The standard InChI is InChI=1S/C22H28N4O3/c1-4-29-22(28)26-13-11-25(12-14-26)21(27)17-9-10-23-20(15-17)24-19-8-6-5-7-18(19)16(2)3/h5-10,15-16H,4,11-14H2,1-3H3,(H,23,24). The van der Waals surface area contributed by atoms with Crippen molar-refractivity contribution in [3.63, 3.8) is 0 Å². The second-order valence-corrected chi connectivity index (χ2v) is 7.27. The molecule has 0 bridgehead atoms. The van der Waals surface area contributed by atoms with Gasteiger partial charge in [-0.3, -0.25) is 4.79 Å². The van der Waals surface area contributed by atoms with Gasteiger partial charge in [-0.1, -0.05) is 32.0 Å². The Bertz CT molecular complexity index is 861. The number of para-hydroxylation sites is 1. The molecule has 0 radical (unpaired) electrons.